The fraction of sp³-hybridized carbons (Fsp3) is 0.571. The van der Waals surface area contributed by atoms with Crippen molar-refractivity contribution in [3.63, 3.8) is 0 Å². The Kier molecular flexibility index (Phi) is 3.09. The largest absolute Gasteiger partial charge is 0.314 e. The second-order valence-corrected chi connectivity index (χ2v) is 7.41. The van der Waals surface area contributed by atoms with E-state index in [4.69, 9.17) is 11.6 Å². The Morgan fingerprint density at radius 1 is 1.45 bits per heavy atom. The van der Waals surface area contributed by atoms with Crippen molar-refractivity contribution in [2.45, 2.75) is 51.2 Å². The molecule has 1 aliphatic heterocycles. The van der Waals surface area contributed by atoms with Gasteiger partial charge < -0.3 is 9.88 Å². The van der Waals surface area contributed by atoms with E-state index in [1.807, 2.05) is 0 Å². The van der Waals surface area contributed by atoms with Gasteiger partial charge in [-0.15, -0.1) is 21.5 Å². The number of fused-ring (bicyclic) bond motifs is 2. The zero-order chi connectivity index (χ0) is 13.7. The molecule has 0 saturated heterocycles. The van der Waals surface area contributed by atoms with Crippen molar-refractivity contribution in [1.29, 1.82) is 0 Å². The van der Waals surface area contributed by atoms with E-state index < -0.39 is 0 Å². The highest BCUT2D eigenvalue weighted by Crippen LogP contribution is 2.40. The number of hydrogen-bond acceptors (Lipinski definition) is 4. The van der Waals surface area contributed by atoms with Crippen LogP contribution in [0, 0.1) is 0 Å². The topological polar surface area (TPSA) is 42.7 Å². The highest BCUT2D eigenvalue weighted by Gasteiger charge is 2.28. The van der Waals surface area contributed by atoms with Crippen molar-refractivity contribution in [3.8, 4) is 0 Å². The van der Waals surface area contributed by atoms with Gasteiger partial charge in [-0.05, 0) is 37.8 Å². The number of halogens is 1. The molecular formula is C14H17ClN4S. The molecule has 0 saturated carbocycles. The third kappa shape index (κ3) is 2.00. The van der Waals surface area contributed by atoms with E-state index in [0.29, 0.717) is 6.04 Å². The first-order chi connectivity index (χ1) is 9.72. The van der Waals surface area contributed by atoms with Gasteiger partial charge in [0.15, 0.2) is 0 Å². The van der Waals surface area contributed by atoms with E-state index in [9.17, 15) is 0 Å². The predicted molar refractivity (Wildman–Crippen MR) is 80.3 cm³/mol. The first-order valence-corrected chi connectivity index (χ1v) is 8.38. The van der Waals surface area contributed by atoms with Crippen LogP contribution < -0.4 is 5.32 Å². The van der Waals surface area contributed by atoms with Crippen LogP contribution in [0.25, 0.3) is 0 Å². The molecule has 6 heteroatoms. The zero-order valence-electron chi connectivity index (χ0n) is 11.4. The van der Waals surface area contributed by atoms with E-state index in [0.717, 1.165) is 41.8 Å². The van der Waals surface area contributed by atoms with Crippen molar-refractivity contribution in [1.82, 2.24) is 20.1 Å². The average Bonchev–Trinajstić information content (AvgIpc) is 3.10. The molecule has 1 N–H and O–H groups in total. The van der Waals surface area contributed by atoms with E-state index in [1.54, 1.807) is 11.3 Å². The number of aromatic nitrogens is 3. The fourth-order valence-electron chi connectivity index (χ4n) is 3.37. The van der Waals surface area contributed by atoms with Crippen LogP contribution in [0.1, 0.15) is 53.9 Å². The molecule has 2 unspecified atom stereocenters. The first kappa shape index (κ1) is 12.8. The molecule has 4 nitrogen and oxygen atoms in total. The summed E-state index contributed by atoms with van der Waals surface area (Å²) >= 11 is 7.84. The Morgan fingerprint density at radius 3 is 3.25 bits per heavy atom. The van der Waals surface area contributed by atoms with Gasteiger partial charge in [0.2, 0.25) is 0 Å². The van der Waals surface area contributed by atoms with Gasteiger partial charge >= 0.3 is 0 Å². The number of aryl methyl sites for hydroxylation is 2. The van der Waals surface area contributed by atoms with Crippen LogP contribution in [0.2, 0.25) is 4.34 Å². The Labute approximate surface area is 127 Å². The van der Waals surface area contributed by atoms with Gasteiger partial charge in [-0.3, -0.25) is 0 Å². The van der Waals surface area contributed by atoms with Crippen molar-refractivity contribution in [2.75, 3.05) is 0 Å². The van der Waals surface area contributed by atoms with Gasteiger partial charge in [0.05, 0.1) is 10.4 Å². The molecular weight excluding hydrogens is 292 g/mol. The Bertz CT molecular complexity index is 648. The van der Waals surface area contributed by atoms with Crippen molar-refractivity contribution < 1.29 is 0 Å². The Morgan fingerprint density at radius 2 is 2.35 bits per heavy atom. The third-order valence-electron chi connectivity index (χ3n) is 4.32. The van der Waals surface area contributed by atoms with E-state index in [-0.39, 0.29) is 6.04 Å². The molecule has 4 rings (SSSR count). The number of thiophene rings is 1. The molecule has 0 radical (unpaired) electrons. The SMILES string of the molecule is CC(NC1CCc2sc(Cl)cc21)c1nnc2n1CCC2. The van der Waals surface area contributed by atoms with E-state index in [1.165, 1.54) is 16.9 Å². The van der Waals surface area contributed by atoms with Crippen molar-refractivity contribution >= 4 is 22.9 Å². The van der Waals surface area contributed by atoms with Crippen LogP contribution in [0.4, 0.5) is 0 Å². The fourth-order valence-corrected chi connectivity index (χ4v) is 4.73. The summed E-state index contributed by atoms with van der Waals surface area (Å²) in [6.07, 6.45) is 4.55. The summed E-state index contributed by atoms with van der Waals surface area (Å²) in [6, 6.07) is 2.75. The molecule has 1 aliphatic carbocycles. The van der Waals surface area contributed by atoms with Gasteiger partial charge in [0.1, 0.15) is 11.6 Å². The van der Waals surface area contributed by atoms with Gasteiger partial charge in [-0.25, -0.2) is 0 Å². The molecule has 2 aliphatic rings. The molecule has 2 aromatic heterocycles. The minimum Gasteiger partial charge on any atom is -0.314 e. The highest BCUT2D eigenvalue weighted by molar-refractivity contribution is 7.16. The normalized spacial score (nSPS) is 22.0. The lowest BCUT2D eigenvalue weighted by Crippen LogP contribution is -2.25. The molecule has 0 aromatic carbocycles. The summed E-state index contributed by atoms with van der Waals surface area (Å²) in [7, 11) is 0. The second-order valence-electron chi connectivity index (χ2n) is 5.64. The monoisotopic (exact) mass is 308 g/mol. The first-order valence-electron chi connectivity index (χ1n) is 7.18. The number of hydrogen-bond donors (Lipinski definition) is 1. The summed E-state index contributed by atoms with van der Waals surface area (Å²) in [5.41, 5.74) is 1.38. The van der Waals surface area contributed by atoms with Gasteiger partial charge in [-0.2, -0.15) is 0 Å². The highest BCUT2D eigenvalue weighted by atomic mass is 35.5. The standard InChI is InChI=1S/C14H17ClN4S/c1-8(14-18-17-13-3-2-6-19(13)14)16-10-4-5-11-9(10)7-12(15)20-11/h7-8,10,16H,2-6H2,1H3. The van der Waals surface area contributed by atoms with Crippen LogP contribution >= 0.6 is 22.9 Å². The minimum atomic E-state index is 0.226. The molecule has 0 amide bonds. The van der Waals surface area contributed by atoms with Crippen LogP contribution in [0.3, 0.4) is 0 Å². The maximum Gasteiger partial charge on any atom is 0.149 e. The van der Waals surface area contributed by atoms with Gasteiger partial charge in [0.25, 0.3) is 0 Å². The van der Waals surface area contributed by atoms with E-state index >= 15 is 0 Å². The van der Waals surface area contributed by atoms with Crippen LogP contribution in [0.5, 0.6) is 0 Å². The third-order valence-corrected chi connectivity index (χ3v) is 5.66. The molecule has 0 fully saturated rings. The zero-order valence-corrected chi connectivity index (χ0v) is 13.0. The predicted octanol–water partition coefficient (Wildman–Crippen LogP) is 3.28. The molecule has 0 spiro atoms. The van der Waals surface area contributed by atoms with E-state index in [2.05, 4.69) is 33.1 Å². The Hall–Kier alpha value is -0.910. The van der Waals surface area contributed by atoms with Gasteiger partial charge in [-0.1, -0.05) is 11.6 Å². The summed E-state index contributed by atoms with van der Waals surface area (Å²) < 4.78 is 3.17. The second kappa shape index (κ2) is 4.83. The molecule has 2 aromatic rings. The van der Waals surface area contributed by atoms with Crippen molar-refractivity contribution in [3.05, 3.63) is 32.5 Å². The number of rotatable bonds is 3. The van der Waals surface area contributed by atoms with Crippen LogP contribution in [-0.4, -0.2) is 14.8 Å². The number of nitrogens with zero attached hydrogens (tertiary/aromatic N) is 3. The number of nitrogens with one attached hydrogen (secondary N) is 1. The quantitative estimate of drug-likeness (QED) is 0.946. The van der Waals surface area contributed by atoms with Crippen molar-refractivity contribution in [2.24, 2.45) is 0 Å². The Balaban J connectivity index is 1.54. The molecule has 20 heavy (non-hydrogen) atoms. The molecule has 0 bridgehead atoms. The maximum atomic E-state index is 6.12. The van der Waals surface area contributed by atoms with Crippen LogP contribution in [0.15, 0.2) is 6.07 Å². The lowest BCUT2D eigenvalue weighted by atomic mass is 10.1. The molecule has 3 heterocycles. The molecule has 106 valence electrons. The lowest BCUT2D eigenvalue weighted by molar-refractivity contribution is 0.437. The maximum absolute atomic E-state index is 6.12. The summed E-state index contributed by atoms with van der Waals surface area (Å²) in [4.78, 5) is 1.44. The minimum absolute atomic E-state index is 0.226. The van der Waals surface area contributed by atoms with Crippen LogP contribution in [-0.2, 0) is 19.4 Å². The summed E-state index contributed by atoms with van der Waals surface area (Å²) in [5, 5.41) is 12.4. The smallest absolute Gasteiger partial charge is 0.149 e. The van der Waals surface area contributed by atoms with Gasteiger partial charge in [0, 0.05) is 23.9 Å². The summed E-state index contributed by atoms with van der Waals surface area (Å²) in [6.45, 7) is 3.24. The summed E-state index contributed by atoms with van der Waals surface area (Å²) in [5.74, 6) is 2.21. The average molecular weight is 309 g/mol. The molecule has 2 atom stereocenters. The lowest BCUT2D eigenvalue weighted by Gasteiger charge is -2.19.